The summed E-state index contributed by atoms with van der Waals surface area (Å²) < 4.78 is 11.8. The molecule has 0 saturated carbocycles. The Balaban J connectivity index is 1.06. The Morgan fingerprint density at radius 2 is 1.50 bits per heavy atom. The molecule has 4 amide bonds. The Labute approximate surface area is 320 Å². The lowest BCUT2D eigenvalue weighted by atomic mass is 10.0. The van der Waals surface area contributed by atoms with Crippen LogP contribution in [0.15, 0.2) is 48.7 Å². The van der Waals surface area contributed by atoms with E-state index in [-0.39, 0.29) is 35.7 Å². The van der Waals surface area contributed by atoms with E-state index in [2.05, 4.69) is 44.9 Å². The first-order valence-corrected chi connectivity index (χ1v) is 19.6. The number of ether oxygens (including phenoxy) is 2. The fourth-order valence-electron chi connectivity index (χ4n) is 7.12. The number of hydrogen-bond acceptors (Lipinski definition) is 10. The van der Waals surface area contributed by atoms with Crippen molar-refractivity contribution in [1.29, 1.82) is 0 Å². The molecule has 0 bridgehead atoms. The average molecular weight is 773 g/mol. The zero-order valence-electron chi connectivity index (χ0n) is 31.0. The highest BCUT2D eigenvalue weighted by Crippen LogP contribution is 2.42. The summed E-state index contributed by atoms with van der Waals surface area (Å²) in [4.78, 5) is 73.2. The maximum Gasteiger partial charge on any atom is 0.407 e. The summed E-state index contributed by atoms with van der Waals surface area (Å²) in [5.74, 6) is 0.819. The van der Waals surface area contributed by atoms with Gasteiger partial charge in [-0.15, -0.1) is 22.7 Å². The van der Waals surface area contributed by atoms with Gasteiger partial charge in [-0.2, -0.15) is 0 Å². The molecule has 6 heterocycles. The highest BCUT2D eigenvalue weighted by molar-refractivity contribution is 7.31. The van der Waals surface area contributed by atoms with Crippen LogP contribution in [0, 0.1) is 11.8 Å². The Bertz CT molecular complexity index is 2200. The minimum absolute atomic E-state index is 0.104. The molecule has 2 aliphatic heterocycles. The molecule has 0 aliphatic carbocycles. The van der Waals surface area contributed by atoms with Gasteiger partial charge in [-0.1, -0.05) is 45.9 Å². The highest BCUT2D eigenvalue weighted by Gasteiger charge is 2.38. The molecule has 5 aromatic rings. The first-order chi connectivity index (χ1) is 25.9. The molecule has 54 heavy (non-hydrogen) atoms. The predicted octanol–water partition coefficient (Wildman–Crippen LogP) is 6.76. The van der Waals surface area contributed by atoms with Crippen molar-refractivity contribution >= 4 is 67.1 Å². The van der Waals surface area contributed by atoms with E-state index in [0.717, 1.165) is 60.1 Å². The molecule has 0 spiro atoms. The van der Waals surface area contributed by atoms with E-state index >= 15 is 0 Å². The number of aromatic nitrogens is 4. The van der Waals surface area contributed by atoms with Gasteiger partial charge in [0, 0.05) is 27.4 Å². The second kappa shape index (κ2) is 15.3. The molecule has 4 N–H and O–H groups in total. The average Bonchev–Trinajstić information content (AvgIpc) is 3.99. The van der Waals surface area contributed by atoms with E-state index < -0.39 is 24.3 Å². The number of likely N-dealkylation sites (tertiary alicyclic amines) is 1. The van der Waals surface area contributed by atoms with Crippen molar-refractivity contribution in [3.05, 3.63) is 60.3 Å². The van der Waals surface area contributed by atoms with Crippen LogP contribution in [-0.2, 0) is 19.1 Å². The Hall–Kier alpha value is -5.22. The van der Waals surface area contributed by atoms with Crippen LogP contribution >= 0.6 is 22.7 Å². The molecular formula is C38H44N8O6S2. The highest BCUT2D eigenvalue weighted by atomic mass is 32.1. The number of rotatable bonds is 10. The summed E-state index contributed by atoms with van der Waals surface area (Å²) in [6.07, 6.45) is 6.09. The van der Waals surface area contributed by atoms with E-state index in [0.29, 0.717) is 18.9 Å². The number of hydrogen-bond donors (Lipinski definition) is 4. The van der Waals surface area contributed by atoms with Crippen LogP contribution in [0.25, 0.3) is 41.4 Å². The van der Waals surface area contributed by atoms with Gasteiger partial charge in [0.2, 0.25) is 11.8 Å². The van der Waals surface area contributed by atoms with Gasteiger partial charge >= 0.3 is 12.2 Å². The molecule has 14 nitrogen and oxygen atoms in total. The lowest BCUT2D eigenvalue weighted by molar-refractivity contribution is -0.136. The van der Waals surface area contributed by atoms with Crippen molar-refractivity contribution in [3.63, 3.8) is 0 Å². The number of methoxy groups -OCH3 is 2. The van der Waals surface area contributed by atoms with Crippen LogP contribution in [0.3, 0.4) is 0 Å². The van der Waals surface area contributed by atoms with E-state index in [1.165, 1.54) is 14.2 Å². The first kappa shape index (κ1) is 37.1. The number of benzene rings is 1. The second-order valence-electron chi connectivity index (χ2n) is 14.3. The zero-order valence-corrected chi connectivity index (χ0v) is 32.6. The van der Waals surface area contributed by atoms with Gasteiger partial charge in [0.25, 0.3) is 0 Å². The third-order valence-electron chi connectivity index (χ3n) is 10.0. The number of carbonyl (C=O) groups excluding carboxylic acids is 4. The zero-order chi connectivity index (χ0) is 38.3. The van der Waals surface area contributed by atoms with Crippen LogP contribution in [0.1, 0.15) is 64.3 Å². The van der Waals surface area contributed by atoms with E-state index in [1.807, 2.05) is 57.0 Å². The Morgan fingerprint density at radius 3 is 2.17 bits per heavy atom. The number of aromatic amines is 2. The number of thiophene rings is 2. The van der Waals surface area contributed by atoms with E-state index in [9.17, 15) is 19.2 Å². The number of fused-ring (bicyclic) bond motifs is 2. The van der Waals surface area contributed by atoms with Crippen molar-refractivity contribution < 1.29 is 28.7 Å². The molecule has 16 heteroatoms. The first-order valence-electron chi connectivity index (χ1n) is 18.0. The number of amides is 4. The standard InChI is InChI=1S/C38H44N8O6S2/c1-19(2)31(43-37(49)51-5)35(47)45-13-7-9-25(45)33-39-18-24(42-33)28-17-30-29(54-28)16-27(53-30)21-11-12-22-23(15-21)41-34(40-22)26-10-8-14-46(26)36(48)32(20(3)4)44-38(50)52-6/h8,10-12,15-20,25-26,31-32H,7,9,13-14H2,1-6H3,(H,39,42)(H,40,41)(H,43,49)(H,44,50)/t25?,26?,31-,32-/m0/s1. The molecule has 0 radical (unpaired) electrons. The van der Waals surface area contributed by atoms with Crippen LogP contribution in [0.2, 0.25) is 0 Å². The van der Waals surface area contributed by atoms with Crippen LogP contribution in [-0.4, -0.2) is 93.1 Å². The van der Waals surface area contributed by atoms with E-state index in [1.54, 1.807) is 27.6 Å². The van der Waals surface area contributed by atoms with Crippen molar-refractivity contribution in [3.8, 4) is 21.0 Å². The Morgan fingerprint density at radius 1 is 0.852 bits per heavy atom. The fourth-order valence-corrected chi connectivity index (χ4v) is 9.48. The molecule has 4 atom stereocenters. The molecule has 2 unspecified atom stereocenters. The van der Waals surface area contributed by atoms with Crippen LogP contribution in [0.4, 0.5) is 9.59 Å². The van der Waals surface area contributed by atoms with Gasteiger partial charge in [0.15, 0.2) is 0 Å². The third kappa shape index (κ3) is 7.19. The lowest BCUT2D eigenvalue weighted by Crippen LogP contribution is -2.51. The monoisotopic (exact) mass is 772 g/mol. The predicted molar refractivity (Wildman–Crippen MR) is 208 cm³/mol. The molecule has 1 saturated heterocycles. The molecule has 1 fully saturated rings. The second-order valence-corrected chi connectivity index (χ2v) is 16.4. The van der Waals surface area contributed by atoms with Crippen molar-refractivity contribution in [1.82, 2.24) is 40.4 Å². The van der Waals surface area contributed by atoms with Gasteiger partial charge < -0.3 is 39.9 Å². The van der Waals surface area contributed by atoms with Gasteiger partial charge in [0.1, 0.15) is 29.8 Å². The van der Waals surface area contributed by atoms with Gasteiger partial charge in [-0.05, 0) is 54.5 Å². The SMILES string of the molecule is COC(=O)N[C@H](C(=O)N1CC=CC1c1nc2ccc(-c3cc4sc(-c5cnc(C6CCCN6C(=O)[C@@H](NC(=O)OC)C(C)C)[nH]5)cc4s3)cc2[nH]1)C(C)C. The maximum absolute atomic E-state index is 13.6. The Kier molecular flexibility index (Phi) is 10.5. The number of carbonyl (C=O) groups is 4. The summed E-state index contributed by atoms with van der Waals surface area (Å²) in [5, 5.41) is 5.38. The smallest absolute Gasteiger partial charge is 0.407 e. The van der Waals surface area contributed by atoms with Crippen molar-refractivity contribution in [2.45, 2.75) is 64.7 Å². The number of H-pyrrole nitrogens is 2. The summed E-state index contributed by atoms with van der Waals surface area (Å²) in [7, 11) is 2.57. The van der Waals surface area contributed by atoms with Crippen LogP contribution < -0.4 is 10.6 Å². The quantitative estimate of drug-likeness (QED) is 0.113. The third-order valence-corrected chi connectivity index (χ3v) is 12.4. The summed E-state index contributed by atoms with van der Waals surface area (Å²) in [6.45, 7) is 8.59. The molecular weight excluding hydrogens is 729 g/mol. The molecule has 2 aliphatic rings. The summed E-state index contributed by atoms with van der Waals surface area (Å²) >= 11 is 3.39. The summed E-state index contributed by atoms with van der Waals surface area (Å²) in [6, 6.07) is 8.50. The number of imidazole rings is 2. The van der Waals surface area contributed by atoms with Gasteiger partial charge in [-0.3, -0.25) is 9.59 Å². The van der Waals surface area contributed by atoms with Crippen molar-refractivity contribution in [2.75, 3.05) is 27.3 Å². The molecule has 284 valence electrons. The normalized spacial score (nSPS) is 18.2. The molecule has 4 aromatic heterocycles. The minimum atomic E-state index is -0.728. The largest absolute Gasteiger partial charge is 0.453 e. The maximum atomic E-state index is 13.6. The molecule has 7 rings (SSSR count). The number of alkyl carbamates (subject to hydrolysis) is 2. The molecule has 1 aromatic carbocycles. The number of nitrogens with zero attached hydrogens (tertiary/aromatic N) is 4. The lowest BCUT2D eigenvalue weighted by Gasteiger charge is -2.30. The summed E-state index contributed by atoms with van der Waals surface area (Å²) in [5.41, 5.74) is 3.62. The van der Waals surface area contributed by atoms with E-state index in [4.69, 9.17) is 19.4 Å². The number of nitrogens with one attached hydrogen (secondary N) is 4. The van der Waals surface area contributed by atoms with Crippen molar-refractivity contribution in [2.24, 2.45) is 11.8 Å². The fraction of sp³-hybridized carbons (Fsp3) is 0.421. The minimum Gasteiger partial charge on any atom is -0.453 e. The topological polar surface area (TPSA) is 175 Å². The van der Waals surface area contributed by atoms with Gasteiger partial charge in [-0.25, -0.2) is 19.6 Å². The van der Waals surface area contributed by atoms with Crippen LogP contribution in [0.5, 0.6) is 0 Å². The van der Waals surface area contributed by atoms with Gasteiger partial charge in [0.05, 0.1) is 48.1 Å².